The van der Waals surface area contributed by atoms with Gasteiger partial charge in [-0.05, 0) is 37.3 Å². The predicted molar refractivity (Wildman–Crippen MR) is 87.8 cm³/mol. The van der Waals surface area contributed by atoms with Crippen LogP contribution in [-0.4, -0.2) is 31.7 Å². The van der Waals surface area contributed by atoms with Gasteiger partial charge in [-0.3, -0.25) is 4.79 Å². The number of nitrogens with zero attached hydrogens (tertiary/aromatic N) is 2. The molecule has 1 aromatic carbocycles. The number of amides is 1. The van der Waals surface area contributed by atoms with Crippen molar-refractivity contribution in [3.63, 3.8) is 0 Å². The van der Waals surface area contributed by atoms with Crippen molar-refractivity contribution in [3.8, 4) is 6.07 Å². The lowest BCUT2D eigenvalue weighted by molar-refractivity contribution is -0.119. The van der Waals surface area contributed by atoms with E-state index in [2.05, 4.69) is 17.0 Å². The Balaban J connectivity index is 1.66. The Labute approximate surface area is 137 Å². The average molecular weight is 313 g/mol. The van der Waals surface area contributed by atoms with Crippen molar-refractivity contribution in [2.75, 3.05) is 24.7 Å². The lowest BCUT2D eigenvalue weighted by atomic mass is 9.78. The number of para-hydroxylation sites is 1. The molecule has 0 saturated carbocycles. The first kappa shape index (κ1) is 15.8. The number of carbonyl (C=O) groups is 1. The van der Waals surface area contributed by atoms with Crippen LogP contribution in [0.5, 0.6) is 0 Å². The molecule has 1 amide bonds. The highest BCUT2D eigenvalue weighted by Gasteiger charge is 2.35. The van der Waals surface area contributed by atoms with E-state index in [0.29, 0.717) is 19.6 Å². The second kappa shape index (κ2) is 6.59. The van der Waals surface area contributed by atoms with Crippen molar-refractivity contribution >= 4 is 11.6 Å². The first-order chi connectivity index (χ1) is 11.2. The van der Waals surface area contributed by atoms with Crippen molar-refractivity contribution in [2.45, 2.75) is 38.1 Å². The molecule has 1 atom stereocenters. The second-order valence-electron chi connectivity index (χ2n) is 6.55. The van der Waals surface area contributed by atoms with Gasteiger partial charge in [0, 0.05) is 31.9 Å². The molecule has 1 fully saturated rings. The summed E-state index contributed by atoms with van der Waals surface area (Å²) in [6, 6.07) is 10.3. The highest BCUT2D eigenvalue weighted by atomic mass is 16.5. The highest BCUT2D eigenvalue weighted by molar-refractivity contribution is 5.86. The number of anilines is 1. The first-order valence-corrected chi connectivity index (χ1v) is 8.28. The summed E-state index contributed by atoms with van der Waals surface area (Å²) in [5, 5.41) is 9.54. The molecule has 2 N–H and O–H groups in total. The van der Waals surface area contributed by atoms with E-state index in [-0.39, 0.29) is 17.4 Å². The minimum absolute atomic E-state index is 0.264. The van der Waals surface area contributed by atoms with Gasteiger partial charge in [-0.25, -0.2) is 0 Å². The van der Waals surface area contributed by atoms with Crippen LogP contribution in [0.25, 0.3) is 0 Å². The molecule has 2 aliphatic rings. The van der Waals surface area contributed by atoms with E-state index in [1.165, 1.54) is 5.56 Å². The number of nitriles is 1. The van der Waals surface area contributed by atoms with Gasteiger partial charge >= 0.3 is 0 Å². The lowest BCUT2D eigenvalue weighted by Crippen LogP contribution is -2.43. The van der Waals surface area contributed by atoms with Crippen LogP contribution in [-0.2, 0) is 16.0 Å². The fourth-order valence-corrected chi connectivity index (χ4v) is 3.75. The number of fused-ring (bicyclic) bond motifs is 1. The molecule has 5 heteroatoms. The summed E-state index contributed by atoms with van der Waals surface area (Å²) in [6.07, 6.45) is 4.02. The van der Waals surface area contributed by atoms with Crippen molar-refractivity contribution in [3.05, 3.63) is 29.8 Å². The maximum absolute atomic E-state index is 11.8. The fourth-order valence-electron chi connectivity index (χ4n) is 3.75. The number of nitrogens with two attached hydrogens (primary N) is 1. The van der Waals surface area contributed by atoms with Crippen LogP contribution in [0, 0.1) is 16.7 Å². The molecular formula is C18H23N3O2. The largest absolute Gasteiger partial charge is 0.381 e. The van der Waals surface area contributed by atoms with Crippen molar-refractivity contribution < 1.29 is 9.53 Å². The minimum Gasteiger partial charge on any atom is -0.381 e. The molecule has 0 aliphatic carbocycles. The Morgan fingerprint density at radius 2 is 2.13 bits per heavy atom. The topological polar surface area (TPSA) is 79.4 Å². The maximum Gasteiger partial charge on any atom is 0.240 e. The van der Waals surface area contributed by atoms with Crippen LogP contribution < -0.4 is 10.6 Å². The quantitative estimate of drug-likeness (QED) is 0.901. The third-order valence-electron chi connectivity index (χ3n) is 5.16. The van der Waals surface area contributed by atoms with Crippen molar-refractivity contribution in [2.24, 2.45) is 11.1 Å². The molecule has 0 aromatic heterocycles. The Bertz CT molecular complexity index is 617. The molecule has 122 valence electrons. The summed E-state index contributed by atoms with van der Waals surface area (Å²) in [7, 11) is 0. The van der Waals surface area contributed by atoms with E-state index < -0.39 is 0 Å². The Morgan fingerprint density at radius 1 is 1.39 bits per heavy atom. The van der Waals surface area contributed by atoms with E-state index in [0.717, 1.165) is 37.9 Å². The first-order valence-electron chi connectivity index (χ1n) is 8.28. The zero-order chi connectivity index (χ0) is 16.3. The van der Waals surface area contributed by atoms with Crippen molar-refractivity contribution in [1.29, 1.82) is 5.26 Å². The molecule has 0 spiro atoms. The molecule has 1 aromatic rings. The number of benzene rings is 1. The number of ether oxygens (including phenoxy) is 1. The molecule has 23 heavy (non-hydrogen) atoms. The van der Waals surface area contributed by atoms with Crippen LogP contribution in [0.1, 0.15) is 31.2 Å². The predicted octanol–water partition coefficient (Wildman–Crippen LogP) is 2.00. The molecule has 5 nitrogen and oxygen atoms in total. The normalized spacial score (nSPS) is 22.4. The summed E-state index contributed by atoms with van der Waals surface area (Å²) in [5.74, 6) is -0.276. The molecule has 2 aliphatic heterocycles. The van der Waals surface area contributed by atoms with Gasteiger partial charge < -0.3 is 15.4 Å². The molecule has 2 heterocycles. The summed E-state index contributed by atoms with van der Waals surface area (Å²) >= 11 is 0. The minimum atomic E-state index is -0.276. The number of hydrogen-bond acceptors (Lipinski definition) is 4. The van der Waals surface area contributed by atoms with Gasteiger partial charge in [-0.15, -0.1) is 0 Å². The summed E-state index contributed by atoms with van der Waals surface area (Å²) in [5.41, 5.74) is 7.60. The molecule has 1 saturated heterocycles. The van der Waals surface area contributed by atoms with Crippen LogP contribution in [0.15, 0.2) is 24.3 Å². The van der Waals surface area contributed by atoms with Gasteiger partial charge in [0.2, 0.25) is 5.91 Å². The lowest BCUT2D eigenvalue weighted by Gasteiger charge is -2.32. The van der Waals surface area contributed by atoms with Gasteiger partial charge in [0.15, 0.2) is 0 Å². The van der Waals surface area contributed by atoms with Gasteiger partial charge in [0.05, 0.1) is 11.5 Å². The van der Waals surface area contributed by atoms with Gasteiger partial charge in [0.1, 0.15) is 6.04 Å². The van der Waals surface area contributed by atoms with Crippen LogP contribution in [0.4, 0.5) is 5.69 Å². The van der Waals surface area contributed by atoms with E-state index in [1.54, 1.807) is 0 Å². The highest BCUT2D eigenvalue weighted by Crippen LogP contribution is 2.36. The molecule has 0 bridgehead atoms. The second-order valence-corrected chi connectivity index (χ2v) is 6.55. The standard InChI is InChI=1S/C18H23N3O2/c19-13-18(7-10-23-11-8-18)6-3-9-21-15-5-2-1-4-14(15)12-16(21)17(20)22/h1-2,4-5,16H,3,6-12H2,(H2,20,22)/t16-/m0/s1. The number of rotatable bonds is 5. The van der Waals surface area contributed by atoms with Crippen molar-refractivity contribution in [1.82, 2.24) is 0 Å². The number of hydrogen-bond donors (Lipinski definition) is 1. The number of primary amides is 1. The molecule has 3 rings (SSSR count). The smallest absolute Gasteiger partial charge is 0.240 e. The maximum atomic E-state index is 11.8. The average Bonchev–Trinajstić information content (AvgIpc) is 2.95. The third-order valence-corrected chi connectivity index (χ3v) is 5.16. The van der Waals surface area contributed by atoms with E-state index in [9.17, 15) is 10.1 Å². The molecule has 0 unspecified atom stereocenters. The van der Waals surface area contributed by atoms with Gasteiger partial charge in [0.25, 0.3) is 0 Å². The van der Waals surface area contributed by atoms with Crippen LogP contribution in [0.3, 0.4) is 0 Å². The number of carbonyl (C=O) groups excluding carboxylic acids is 1. The summed E-state index contributed by atoms with van der Waals surface area (Å²) in [4.78, 5) is 13.9. The Hall–Kier alpha value is -2.06. The summed E-state index contributed by atoms with van der Waals surface area (Å²) < 4.78 is 5.38. The van der Waals surface area contributed by atoms with E-state index >= 15 is 0 Å². The zero-order valence-corrected chi connectivity index (χ0v) is 13.3. The monoisotopic (exact) mass is 313 g/mol. The van der Waals surface area contributed by atoms with E-state index in [4.69, 9.17) is 10.5 Å². The summed E-state index contributed by atoms with van der Waals surface area (Å²) in [6.45, 7) is 2.10. The fraction of sp³-hybridized carbons (Fsp3) is 0.556. The Morgan fingerprint density at radius 3 is 2.83 bits per heavy atom. The zero-order valence-electron chi connectivity index (χ0n) is 13.3. The molecular weight excluding hydrogens is 290 g/mol. The van der Waals surface area contributed by atoms with Gasteiger partial charge in [-0.2, -0.15) is 5.26 Å². The van der Waals surface area contributed by atoms with E-state index in [1.807, 2.05) is 18.2 Å². The third kappa shape index (κ3) is 3.18. The van der Waals surface area contributed by atoms with Gasteiger partial charge in [-0.1, -0.05) is 18.2 Å². The van der Waals surface area contributed by atoms with Crippen LogP contribution >= 0.6 is 0 Å². The SMILES string of the molecule is N#CC1(CCCN2c3ccccc3C[C@H]2C(N)=O)CCOCC1. The van der Waals surface area contributed by atoms with Crippen LogP contribution in [0.2, 0.25) is 0 Å². The Kier molecular flexibility index (Phi) is 4.53. The molecule has 0 radical (unpaired) electrons.